The molecule has 3 rings (SSSR count). The van der Waals surface area contributed by atoms with E-state index in [1.54, 1.807) is 0 Å². The fourth-order valence-corrected chi connectivity index (χ4v) is 3.52. The number of likely N-dealkylation sites (N-methyl/N-ethyl adjacent to an activating group) is 1. The molecule has 0 spiro atoms. The first kappa shape index (κ1) is 20.2. The molecule has 1 saturated heterocycles. The van der Waals surface area contributed by atoms with Crippen LogP contribution < -0.4 is 15.0 Å². The van der Waals surface area contributed by atoms with Gasteiger partial charge < -0.3 is 19.9 Å². The number of amides is 1. The van der Waals surface area contributed by atoms with Gasteiger partial charge in [-0.05, 0) is 62.7 Å². The first-order valence-corrected chi connectivity index (χ1v) is 10.1. The molecular weight excluding hydrogens is 350 g/mol. The highest BCUT2D eigenvalue weighted by atomic mass is 16.5. The maximum Gasteiger partial charge on any atom is 0.224 e. The van der Waals surface area contributed by atoms with Gasteiger partial charge in [0.25, 0.3) is 0 Å². The Balaban J connectivity index is 1.57. The van der Waals surface area contributed by atoms with E-state index in [1.165, 1.54) is 5.69 Å². The van der Waals surface area contributed by atoms with E-state index < -0.39 is 0 Å². The summed E-state index contributed by atoms with van der Waals surface area (Å²) in [6, 6.07) is 14.2. The number of nitrogens with zero attached hydrogens (tertiary/aromatic N) is 2. The Bertz CT molecular complexity index is 798. The first-order chi connectivity index (χ1) is 13.6. The number of carbonyl (C=O) groups excluding carboxylic acids is 1. The highest BCUT2D eigenvalue weighted by Gasteiger charge is 2.15. The Hall–Kier alpha value is -2.53. The summed E-state index contributed by atoms with van der Waals surface area (Å²) in [5.41, 5.74) is 4.29. The molecule has 0 atom stereocenters. The molecule has 28 heavy (non-hydrogen) atoms. The number of nitrogens with one attached hydrogen (secondary N) is 1. The third kappa shape index (κ3) is 5.26. The second kappa shape index (κ2) is 9.60. The molecule has 0 unspecified atom stereocenters. The van der Waals surface area contributed by atoms with Gasteiger partial charge in [-0.15, -0.1) is 0 Å². The highest BCUT2D eigenvalue weighted by molar-refractivity contribution is 5.92. The lowest BCUT2D eigenvalue weighted by Crippen LogP contribution is -2.44. The van der Waals surface area contributed by atoms with Crippen LogP contribution in [0.3, 0.4) is 0 Å². The molecule has 0 radical (unpaired) electrons. The van der Waals surface area contributed by atoms with Crippen molar-refractivity contribution in [1.29, 1.82) is 0 Å². The number of piperazine rings is 1. The minimum Gasteiger partial charge on any atom is -0.494 e. The minimum atomic E-state index is 0.0294. The number of hydrogen-bond acceptors (Lipinski definition) is 4. The maximum atomic E-state index is 12.5. The summed E-state index contributed by atoms with van der Waals surface area (Å²) in [4.78, 5) is 17.2. The molecule has 2 aromatic rings. The zero-order valence-corrected chi connectivity index (χ0v) is 17.2. The topological polar surface area (TPSA) is 44.8 Å². The normalized spacial score (nSPS) is 14.8. The van der Waals surface area contributed by atoms with Crippen LogP contribution in [0.15, 0.2) is 42.5 Å². The van der Waals surface area contributed by atoms with Crippen molar-refractivity contribution in [1.82, 2.24) is 4.90 Å². The van der Waals surface area contributed by atoms with Gasteiger partial charge in [0.15, 0.2) is 0 Å². The van der Waals surface area contributed by atoms with Gasteiger partial charge in [0.05, 0.1) is 6.61 Å². The lowest BCUT2D eigenvalue weighted by molar-refractivity contribution is -0.116. The van der Waals surface area contributed by atoms with E-state index in [9.17, 15) is 4.79 Å². The molecule has 150 valence electrons. The van der Waals surface area contributed by atoms with Crippen LogP contribution in [0.2, 0.25) is 0 Å². The molecule has 0 aromatic heterocycles. The lowest BCUT2D eigenvalue weighted by atomic mass is 10.1. The summed E-state index contributed by atoms with van der Waals surface area (Å²) in [7, 11) is 2.16. The number of anilines is 2. The number of para-hydroxylation sites is 1. The zero-order valence-electron chi connectivity index (χ0n) is 17.2. The molecule has 1 amide bonds. The Morgan fingerprint density at radius 1 is 1.11 bits per heavy atom. The Morgan fingerprint density at radius 3 is 2.57 bits per heavy atom. The predicted octanol–water partition coefficient (Wildman–Crippen LogP) is 3.72. The zero-order chi connectivity index (χ0) is 19.9. The van der Waals surface area contributed by atoms with Crippen molar-refractivity contribution in [2.75, 3.05) is 50.1 Å². The number of benzene rings is 2. The molecule has 2 aromatic carbocycles. The number of aryl methyl sites for hydroxylation is 2. The summed E-state index contributed by atoms with van der Waals surface area (Å²) in [6.45, 7) is 8.91. The Kier molecular flexibility index (Phi) is 6.93. The average Bonchev–Trinajstić information content (AvgIpc) is 2.70. The second-order valence-corrected chi connectivity index (χ2v) is 7.38. The summed E-state index contributed by atoms with van der Waals surface area (Å²) >= 11 is 0. The van der Waals surface area contributed by atoms with Crippen molar-refractivity contribution in [3.8, 4) is 5.75 Å². The van der Waals surface area contributed by atoms with Crippen LogP contribution in [0, 0.1) is 6.92 Å². The quantitative estimate of drug-likeness (QED) is 0.794. The number of carbonyl (C=O) groups is 1. The van der Waals surface area contributed by atoms with E-state index in [2.05, 4.69) is 41.2 Å². The summed E-state index contributed by atoms with van der Waals surface area (Å²) in [6.07, 6.45) is 1.10. The third-order valence-corrected chi connectivity index (χ3v) is 5.25. The summed E-state index contributed by atoms with van der Waals surface area (Å²) < 4.78 is 5.64. The van der Waals surface area contributed by atoms with Crippen LogP contribution in [0.4, 0.5) is 11.4 Å². The van der Waals surface area contributed by atoms with E-state index >= 15 is 0 Å². The van der Waals surface area contributed by atoms with Crippen molar-refractivity contribution in [3.05, 3.63) is 53.6 Å². The van der Waals surface area contributed by atoms with Crippen molar-refractivity contribution < 1.29 is 9.53 Å². The van der Waals surface area contributed by atoms with Gasteiger partial charge in [-0.2, -0.15) is 0 Å². The van der Waals surface area contributed by atoms with Crippen LogP contribution in [-0.4, -0.2) is 50.6 Å². The van der Waals surface area contributed by atoms with Crippen molar-refractivity contribution in [2.24, 2.45) is 0 Å². The van der Waals surface area contributed by atoms with Gasteiger partial charge in [0.1, 0.15) is 5.75 Å². The SMILES string of the molecule is CCOc1ccccc1CCC(=O)Nc1ccc(N2CCN(C)CC2)cc1C. The smallest absolute Gasteiger partial charge is 0.224 e. The summed E-state index contributed by atoms with van der Waals surface area (Å²) in [5.74, 6) is 0.896. The molecule has 5 nitrogen and oxygen atoms in total. The van der Waals surface area contributed by atoms with Gasteiger partial charge >= 0.3 is 0 Å². The molecule has 5 heteroatoms. The molecule has 1 aliphatic heterocycles. The molecule has 0 saturated carbocycles. The molecule has 1 heterocycles. The molecule has 1 aliphatic rings. The van der Waals surface area contributed by atoms with E-state index in [4.69, 9.17) is 4.74 Å². The second-order valence-electron chi connectivity index (χ2n) is 7.38. The molecule has 0 aliphatic carbocycles. The van der Waals surface area contributed by atoms with Gasteiger partial charge in [0.2, 0.25) is 5.91 Å². The van der Waals surface area contributed by atoms with Crippen molar-refractivity contribution in [3.63, 3.8) is 0 Å². The fraction of sp³-hybridized carbons (Fsp3) is 0.435. The summed E-state index contributed by atoms with van der Waals surface area (Å²) in [5, 5.41) is 3.06. The monoisotopic (exact) mass is 381 g/mol. The highest BCUT2D eigenvalue weighted by Crippen LogP contribution is 2.24. The van der Waals surface area contributed by atoms with Crippen LogP contribution in [0.5, 0.6) is 5.75 Å². The van der Waals surface area contributed by atoms with Gasteiger partial charge in [-0.1, -0.05) is 18.2 Å². The largest absolute Gasteiger partial charge is 0.494 e. The van der Waals surface area contributed by atoms with Gasteiger partial charge in [-0.25, -0.2) is 0 Å². The molecule has 1 fully saturated rings. The van der Waals surface area contributed by atoms with E-state index in [-0.39, 0.29) is 5.91 Å². The lowest BCUT2D eigenvalue weighted by Gasteiger charge is -2.34. The van der Waals surface area contributed by atoms with Crippen molar-refractivity contribution in [2.45, 2.75) is 26.7 Å². The van der Waals surface area contributed by atoms with Crippen LogP contribution in [0.25, 0.3) is 0 Å². The molecule has 0 bridgehead atoms. The number of rotatable bonds is 7. The van der Waals surface area contributed by atoms with Gasteiger partial charge in [-0.3, -0.25) is 4.79 Å². The van der Waals surface area contributed by atoms with E-state index in [1.807, 2.05) is 37.3 Å². The van der Waals surface area contributed by atoms with Gasteiger partial charge in [0, 0.05) is 44.0 Å². The first-order valence-electron chi connectivity index (χ1n) is 10.1. The van der Waals surface area contributed by atoms with Crippen LogP contribution in [0.1, 0.15) is 24.5 Å². The number of hydrogen-bond donors (Lipinski definition) is 1. The van der Waals surface area contributed by atoms with Crippen LogP contribution in [-0.2, 0) is 11.2 Å². The Labute approximate surface area is 168 Å². The molecule has 1 N–H and O–H groups in total. The predicted molar refractivity (Wildman–Crippen MR) is 115 cm³/mol. The van der Waals surface area contributed by atoms with E-state index in [0.29, 0.717) is 19.4 Å². The number of ether oxygens (including phenoxy) is 1. The third-order valence-electron chi connectivity index (χ3n) is 5.25. The van der Waals surface area contributed by atoms with Crippen molar-refractivity contribution >= 4 is 17.3 Å². The average molecular weight is 382 g/mol. The van der Waals surface area contributed by atoms with E-state index in [0.717, 1.165) is 48.7 Å². The van der Waals surface area contributed by atoms with Crippen LogP contribution >= 0.6 is 0 Å². The minimum absolute atomic E-state index is 0.0294. The maximum absolute atomic E-state index is 12.5. The standard InChI is InChI=1S/C23H31N3O2/c1-4-28-22-8-6-5-7-19(22)9-12-23(27)24-21-11-10-20(17-18(21)2)26-15-13-25(3)14-16-26/h5-8,10-11,17H,4,9,12-16H2,1-3H3,(H,24,27). The molecular formula is C23H31N3O2. The Morgan fingerprint density at radius 2 is 1.86 bits per heavy atom. The fourth-order valence-electron chi connectivity index (χ4n) is 3.52.